The zero-order chi connectivity index (χ0) is 9.00. The van der Waals surface area contributed by atoms with E-state index in [1.807, 2.05) is 4.90 Å². The van der Waals surface area contributed by atoms with Gasteiger partial charge in [0.2, 0.25) is 0 Å². The quantitative estimate of drug-likeness (QED) is 0.594. The number of carboxylic acid groups (broad SMARTS) is 1. The largest absolute Gasteiger partial charge is 0.464 e. The number of rotatable bonds is 0. The highest BCUT2D eigenvalue weighted by Gasteiger charge is 2.41. The Kier molecular flexibility index (Phi) is 0.995. The molecule has 1 saturated heterocycles. The highest BCUT2D eigenvalue weighted by atomic mass is 16.4. The van der Waals surface area contributed by atoms with Gasteiger partial charge in [-0.2, -0.15) is 0 Å². The van der Waals surface area contributed by atoms with Crippen molar-refractivity contribution in [2.45, 2.75) is 12.5 Å². The number of hydrogen-bond donors (Lipinski definition) is 1. The summed E-state index contributed by atoms with van der Waals surface area (Å²) in [6.07, 6.45) is 4.88. The number of nitrogens with zero attached hydrogens (tertiary/aromatic N) is 3. The van der Waals surface area contributed by atoms with Crippen molar-refractivity contribution in [3.63, 3.8) is 0 Å². The van der Waals surface area contributed by atoms with Gasteiger partial charge in [0.05, 0.1) is 5.70 Å². The van der Waals surface area contributed by atoms with Crippen LogP contribution in [-0.4, -0.2) is 32.9 Å². The van der Waals surface area contributed by atoms with E-state index in [0.29, 0.717) is 0 Å². The molecule has 66 valence electrons. The molecule has 0 aliphatic carbocycles. The molecular formula is C8H7N3O2. The van der Waals surface area contributed by atoms with Gasteiger partial charge in [-0.05, 0) is 0 Å². The average Bonchev–Trinajstić information content (AvgIpc) is 2.53. The molecule has 4 rings (SSSR count). The van der Waals surface area contributed by atoms with E-state index in [0.717, 1.165) is 22.9 Å². The van der Waals surface area contributed by atoms with Gasteiger partial charge in [0.15, 0.2) is 0 Å². The van der Waals surface area contributed by atoms with Crippen LogP contribution in [0.2, 0.25) is 0 Å². The zero-order valence-electron chi connectivity index (χ0n) is 6.71. The lowest BCUT2D eigenvalue weighted by Gasteiger charge is -2.20. The Bertz CT molecular complexity index is 383. The van der Waals surface area contributed by atoms with E-state index < -0.39 is 6.09 Å². The van der Waals surface area contributed by atoms with Gasteiger partial charge < -0.3 is 10.0 Å². The Morgan fingerprint density at radius 3 is 3.08 bits per heavy atom. The van der Waals surface area contributed by atoms with Gasteiger partial charge >= 0.3 is 6.09 Å². The van der Waals surface area contributed by atoms with Crippen LogP contribution in [0, 0.1) is 0 Å². The molecule has 5 heteroatoms. The number of carbonyl (C=O) groups is 1. The molecule has 4 aliphatic rings. The fraction of sp³-hybridized carbons (Fsp3) is 0.250. The second kappa shape index (κ2) is 1.93. The molecule has 5 nitrogen and oxygen atoms in total. The van der Waals surface area contributed by atoms with Gasteiger partial charge in [-0.3, -0.25) is 9.89 Å². The standard InChI is InChI=1S/C8H7N3O2/c12-8(13)10-1-2-11-6(4-10)5-3-7(11)9-5/h1-2,4-5H,3H2,(H,12,13). The van der Waals surface area contributed by atoms with Crippen LogP contribution in [0.4, 0.5) is 4.79 Å². The average molecular weight is 177 g/mol. The Labute approximate surface area is 74.3 Å². The summed E-state index contributed by atoms with van der Waals surface area (Å²) in [6.45, 7) is 0. The van der Waals surface area contributed by atoms with Crippen molar-refractivity contribution in [3.8, 4) is 0 Å². The smallest absolute Gasteiger partial charge is 0.415 e. The molecule has 0 radical (unpaired) electrons. The molecule has 1 unspecified atom stereocenters. The van der Waals surface area contributed by atoms with Crippen LogP contribution < -0.4 is 0 Å². The molecule has 13 heavy (non-hydrogen) atoms. The molecule has 1 amide bonds. The van der Waals surface area contributed by atoms with Gasteiger partial charge in [-0.25, -0.2) is 4.79 Å². The Hall–Kier alpha value is -1.78. The van der Waals surface area contributed by atoms with Crippen LogP contribution in [-0.2, 0) is 0 Å². The molecule has 1 fully saturated rings. The summed E-state index contributed by atoms with van der Waals surface area (Å²) >= 11 is 0. The van der Waals surface area contributed by atoms with Crippen molar-refractivity contribution in [1.82, 2.24) is 9.80 Å². The zero-order valence-corrected chi connectivity index (χ0v) is 6.71. The lowest BCUT2D eigenvalue weighted by atomic mass is 10.1. The van der Waals surface area contributed by atoms with Gasteiger partial charge in [-0.15, -0.1) is 0 Å². The van der Waals surface area contributed by atoms with E-state index in [2.05, 4.69) is 4.99 Å². The van der Waals surface area contributed by atoms with Crippen LogP contribution in [0.25, 0.3) is 0 Å². The second-order valence-corrected chi connectivity index (χ2v) is 3.18. The first-order valence-electron chi connectivity index (χ1n) is 4.03. The molecule has 0 aromatic heterocycles. The van der Waals surface area contributed by atoms with Crippen LogP contribution in [0.1, 0.15) is 6.42 Å². The van der Waals surface area contributed by atoms with Crippen LogP contribution in [0.3, 0.4) is 0 Å². The Morgan fingerprint density at radius 2 is 2.38 bits per heavy atom. The summed E-state index contributed by atoms with van der Waals surface area (Å²) in [5.74, 6) is 1.04. The first-order chi connectivity index (χ1) is 6.25. The fourth-order valence-corrected chi connectivity index (χ4v) is 1.74. The molecule has 0 aromatic rings. The van der Waals surface area contributed by atoms with E-state index in [1.54, 1.807) is 12.4 Å². The fourth-order valence-electron chi connectivity index (χ4n) is 1.74. The van der Waals surface area contributed by atoms with Gasteiger partial charge in [-0.1, -0.05) is 0 Å². The molecule has 4 aliphatic heterocycles. The molecule has 0 aromatic carbocycles. The lowest BCUT2D eigenvalue weighted by molar-refractivity contribution is 0.174. The molecular weight excluding hydrogens is 170 g/mol. The minimum absolute atomic E-state index is 0.196. The van der Waals surface area contributed by atoms with Crippen LogP contribution >= 0.6 is 0 Å². The Balaban J connectivity index is 1.97. The van der Waals surface area contributed by atoms with Crippen LogP contribution in [0.5, 0.6) is 0 Å². The summed E-state index contributed by atoms with van der Waals surface area (Å²) in [6, 6.07) is 0.196. The van der Waals surface area contributed by atoms with E-state index in [1.165, 1.54) is 6.20 Å². The summed E-state index contributed by atoms with van der Waals surface area (Å²) in [7, 11) is 0. The van der Waals surface area contributed by atoms with Gasteiger partial charge in [0.1, 0.15) is 11.9 Å². The van der Waals surface area contributed by atoms with Crippen molar-refractivity contribution >= 4 is 11.9 Å². The molecule has 2 bridgehead atoms. The van der Waals surface area contributed by atoms with E-state index in [-0.39, 0.29) is 6.04 Å². The van der Waals surface area contributed by atoms with Crippen molar-refractivity contribution in [1.29, 1.82) is 0 Å². The first-order valence-corrected chi connectivity index (χ1v) is 4.03. The van der Waals surface area contributed by atoms with E-state index in [9.17, 15) is 4.79 Å². The van der Waals surface area contributed by atoms with Crippen molar-refractivity contribution in [2.24, 2.45) is 4.99 Å². The summed E-state index contributed by atoms with van der Waals surface area (Å²) in [5, 5.41) is 8.73. The van der Waals surface area contributed by atoms with Crippen molar-refractivity contribution in [3.05, 3.63) is 24.3 Å². The minimum Gasteiger partial charge on any atom is -0.464 e. The molecule has 1 N–H and O–H groups in total. The summed E-state index contributed by atoms with van der Waals surface area (Å²) in [5.41, 5.74) is 0.972. The minimum atomic E-state index is -0.961. The number of amides is 1. The normalized spacial score (nSPS) is 27.8. The maximum absolute atomic E-state index is 10.6. The van der Waals surface area contributed by atoms with Crippen molar-refractivity contribution < 1.29 is 9.90 Å². The maximum atomic E-state index is 10.6. The van der Waals surface area contributed by atoms with E-state index >= 15 is 0 Å². The highest BCUT2D eigenvalue weighted by molar-refractivity contribution is 5.95. The molecule has 0 saturated carbocycles. The molecule has 4 heterocycles. The third kappa shape index (κ3) is 0.708. The van der Waals surface area contributed by atoms with Gasteiger partial charge in [0.25, 0.3) is 0 Å². The maximum Gasteiger partial charge on any atom is 0.415 e. The number of amidine groups is 1. The van der Waals surface area contributed by atoms with Crippen molar-refractivity contribution in [2.75, 3.05) is 0 Å². The monoisotopic (exact) mass is 177 g/mol. The van der Waals surface area contributed by atoms with Gasteiger partial charge in [0, 0.05) is 25.0 Å². The molecule has 1 atom stereocenters. The number of hydrogen-bond acceptors (Lipinski definition) is 3. The predicted molar refractivity (Wildman–Crippen MR) is 44.8 cm³/mol. The summed E-state index contributed by atoms with van der Waals surface area (Å²) < 4.78 is 0. The third-order valence-electron chi connectivity index (χ3n) is 2.45. The Morgan fingerprint density at radius 1 is 1.62 bits per heavy atom. The lowest BCUT2D eigenvalue weighted by Crippen LogP contribution is -2.26. The highest BCUT2D eigenvalue weighted by Crippen LogP contribution is 2.37. The van der Waals surface area contributed by atoms with E-state index in [4.69, 9.17) is 5.11 Å². The predicted octanol–water partition coefficient (Wildman–Crippen LogP) is 0.779. The van der Waals surface area contributed by atoms with Crippen LogP contribution in [0.15, 0.2) is 29.3 Å². The first kappa shape index (κ1) is 6.71. The SMILES string of the molecule is O=C(O)N1C=CN2C(=C1)C1CC2=N1. The molecule has 0 spiro atoms. The third-order valence-corrected chi connectivity index (χ3v) is 2.45. The number of aliphatic imine (C=N–C) groups is 1. The summed E-state index contributed by atoms with van der Waals surface area (Å²) in [4.78, 5) is 18.0. The topological polar surface area (TPSA) is 56.1 Å². The second-order valence-electron chi connectivity index (χ2n) is 3.18.